The third kappa shape index (κ3) is 3.70. The number of carbonyl (C=O) groups excluding carboxylic acids is 1. The Morgan fingerprint density at radius 1 is 1.23 bits per heavy atom. The Hall–Kier alpha value is -2.86. The minimum Gasteiger partial charge on any atom is -0.469 e. The molecule has 3 aromatic rings. The van der Waals surface area contributed by atoms with E-state index in [4.69, 9.17) is 9.15 Å². The van der Waals surface area contributed by atoms with E-state index in [0.29, 0.717) is 32.1 Å². The zero-order valence-corrected chi connectivity index (χ0v) is 14.5. The summed E-state index contributed by atoms with van der Waals surface area (Å²) in [5.74, 6) is 0.765. The van der Waals surface area contributed by atoms with Gasteiger partial charge in [0.15, 0.2) is 0 Å². The van der Waals surface area contributed by atoms with Crippen molar-refractivity contribution in [3.63, 3.8) is 0 Å². The fraction of sp³-hybridized carbons (Fsp3) is 0.300. The standard InChI is InChI=1S/C20H21N3O3/c24-20(11-19-7-4-10-26-19)22-12-17-6-3-9-23(17)18(13-22)15-25-14-16-5-1-2-8-21-16/h1-10,18H,11-15H2/t18-/m0/s1. The number of fused-ring (bicyclic) bond motifs is 1. The maximum atomic E-state index is 12.6. The Morgan fingerprint density at radius 3 is 3.00 bits per heavy atom. The van der Waals surface area contributed by atoms with Crippen LogP contribution in [0, 0.1) is 0 Å². The minimum atomic E-state index is 0.0714. The molecular formula is C20H21N3O3. The van der Waals surface area contributed by atoms with Crippen LogP contribution in [0.3, 0.4) is 0 Å². The predicted molar refractivity (Wildman–Crippen MR) is 95.2 cm³/mol. The molecule has 4 heterocycles. The minimum absolute atomic E-state index is 0.0714. The first-order valence-corrected chi connectivity index (χ1v) is 8.73. The summed E-state index contributed by atoms with van der Waals surface area (Å²) in [7, 11) is 0. The molecule has 0 bridgehead atoms. The van der Waals surface area contributed by atoms with Crippen LogP contribution in [0.25, 0.3) is 0 Å². The number of nitrogens with zero attached hydrogens (tertiary/aromatic N) is 3. The molecule has 1 amide bonds. The second-order valence-electron chi connectivity index (χ2n) is 6.43. The van der Waals surface area contributed by atoms with Crippen molar-refractivity contribution < 1.29 is 13.9 Å². The zero-order chi connectivity index (χ0) is 17.8. The largest absolute Gasteiger partial charge is 0.469 e. The maximum Gasteiger partial charge on any atom is 0.230 e. The number of carbonyl (C=O) groups is 1. The summed E-state index contributed by atoms with van der Waals surface area (Å²) in [5, 5.41) is 0. The van der Waals surface area contributed by atoms with E-state index in [-0.39, 0.29) is 18.4 Å². The number of rotatable bonds is 6. The van der Waals surface area contributed by atoms with Crippen LogP contribution < -0.4 is 0 Å². The molecular weight excluding hydrogens is 330 g/mol. The molecule has 0 saturated heterocycles. The number of amides is 1. The van der Waals surface area contributed by atoms with Crippen LogP contribution in [0.5, 0.6) is 0 Å². The van der Waals surface area contributed by atoms with Crippen LogP contribution in [0.1, 0.15) is 23.2 Å². The number of furan rings is 1. The van der Waals surface area contributed by atoms with Gasteiger partial charge in [0.2, 0.25) is 5.91 Å². The average molecular weight is 351 g/mol. The molecule has 1 aliphatic heterocycles. The molecule has 0 radical (unpaired) electrons. The van der Waals surface area contributed by atoms with Crippen molar-refractivity contribution >= 4 is 5.91 Å². The van der Waals surface area contributed by atoms with Crippen molar-refractivity contribution in [3.8, 4) is 0 Å². The van der Waals surface area contributed by atoms with E-state index < -0.39 is 0 Å². The van der Waals surface area contributed by atoms with E-state index in [1.54, 1.807) is 18.5 Å². The first-order valence-electron chi connectivity index (χ1n) is 8.73. The highest BCUT2D eigenvalue weighted by Gasteiger charge is 2.27. The Balaban J connectivity index is 1.40. The number of ether oxygens (including phenoxy) is 1. The lowest BCUT2D eigenvalue weighted by Crippen LogP contribution is -2.42. The SMILES string of the molecule is O=C(Cc1ccco1)N1Cc2cccn2[C@H](COCc2ccccn2)C1. The third-order valence-electron chi connectivity index (χ3n) is 4.59. The smallest absolute Gasteiger partial charge is 0.230 e. The molecule has 1 atom stereocenters. The Kier molecular flexibility index (Phi) is 4.84. The summed E-state index contributed by atoms with van der Waals surface area (Å²) >= 11 is 0. The molecule has 0 aliphatic carbocycles. The molecule has 6 nitrogen and oxygen atoms in total. The van der Waals surface area contributed by atoms with E-state index in [2.05, 4.69) is 21.8 Å². The number of pyridine rings is 1. The molecule has 26 heavy (non-hydrogen) atoms. The van der Waals surface area contributed by atoms with Crippen molar-refractivity contribution in [2.75, 3.05) is 13.2 Å². The van der Waals surface area contributed by atoms with Gasteiger partial charge < -0.3 is 18.6 Å². The first-order chi connectivity index (χ1) is 12.8. The van der Waals surface area contributed by atoms with Crippen molar-refractivity contribution in [3.05, 3.63) is 78.3 Å². The van der Waals surface area contributed by atoms with Gasteiger partial charge >= 0.3 is 0 Å². The molecule has 0 spiro atoms. The topological polar surface area (TPSA) is 60.5 Å². The maximum absolute atomic E-state index is 12.6. The summed E-state index contributed by atoms with van der Waals surface area (Å²) < 4.78 is 13.4. The first kappa shape index (κ1) is 16.6. The average Bonchev–Trinajstić information content (AvgIpc) is 3.34. The Labute approximate surface area is 152 Å². The van der Waals surface area contributed by atoms with E-state index in [9.17, 15) is 4.79 Å². The van der Waals surface area contributed by atoms with E-state index in [1.165, 1.54) is 0 Å². The normalized spacial score (nSPS) is 16.5. The van der Waals surface area contributed by atoms with Crippen LogP contribution in [0.15, 0.2) is 65.5 Å². The second-order valence-corrected chi connectivity index (χ2v) is 6.43. The van der Waals surface area contributed by atoms with E-state index >= 15 is 0 Å². The second kappa shape index (κ2) is 7.58. The van der Waals surface area contributed by atoms with Gasteiger partial charge in [-0.2, -0.15) is 0 Å². The van der Waals surface area contributed by atoms with Crippen molar-refractivity contribution in [1.29, 1.82) is 0 Å². The van der Waals surface area contributed by atoms with Gasteiger partial charge in [-0.15, -0.1) is 0 Å². The van der Waals surface area contributed by atoms with Crippen LogP contribution >= 0.6 is 0 Å². The lowest BCUT2D eigenvalue weighted by molar-refractivity contribution is -0.133. The Bertz CT molecular complexity index is 842. The monoisotopic (exact) mass is 351 g/mol. The van der Waals surface area contributed by atoms with Crippen LogP contribution in [0.2, 0.25) is 0 Å². The summed E-state index contributed by atoms with van der Waals surface area (Å²) in [6.45, 7) is 2.24. The van der Waals surface area contributed by atoms with Gasteiger partial charge in [-0.25, -0.2) is 0 Å². The van der Waals surface area contributed by atoms with Crippen LogP contribution in [0.4, 0.5) is 0 Å². The third-order valence-corrected chi connectivity index (χ3v) is 4.59. The van der Waals surface area contributed by atoms with Gasteiger partial charge in [0.25, 0.3) is 0 Å². The molecule has 0 N–H and O–H groups in total. The van der Waals surface area contributed by atoms with Gasteiger partial charge in [-0.1, -0.05) is 6.07 Å². The summed E-state index contributed by atoms with van der Waals surface area (Å²) in [6, 6.07) is 13.6. The number of aromatic nitrogens is 2. The molecule has 134 valence electrons. The fourth-order valence-electron chi connectivity index (χ4n) is 3.30. The van der Waals surface area contributed by atoms with Crippen molar-refractivity contribution in [2.45, 2.75) is 25.6 Å². The lowest BCUT2D eigenvalue weighted by Gasteiger charge is -2.35. The molecule has 0 aromatic carbocycles. The van der Waals surface area contributed by atoms with E-state index in [1.807, 2.05) is 35.2 Å². The molecule has 1 aliphatic rings. The highest BCUT2D eigenvalue weighted by Crippen LogP contribution is 2.23. The zero-order valence-electron chi connectivity index (χ0n) is 14.5. The summed E-state index contributed by atoms with van der Waals surface area (Å²) in [6.07, 6.45) is 5.70. The highest BCUT2D eigenvalue weighted by molar-refractivity contribution is 5.78. The van der Waals surface area contributed by atoms with Crippen LogP contribution in [-0.4, -0.2) is 33.5 Å². The molecule has 6 heteroatoms. The van der Waals surface area contributed by atoms with Crippen molar-refractivity contribution in [2.24, 2.45) is 0 Å². The predicted octanol–water partition coefficient (Wildman–Crippen LogP) is 2.82. The number of hydrogen-bond acceptors (Lipinski definition) is 4. The molecule has 0 unspecified atom stereocenters. The van der Waals surface area contributed by atoms with Gasteiger partial charge in [0.05, 0.1) is 44.2 Å². The van der Waals surface area contributed by atoms with Gasteiger partial charge in [-0.3, -0.25) is 9.78 Å². The molecule has 4 rings (SSSR count). The van der Waals surface area contributed by atoms with Crippen LogP contribution in [-0.2, 0) is 29.1 Å². The van der Waals surface area contributed by atoms with Gasteiger partial charge in [-0.05, 0) is 36.4 Å². The quantitative estimate of drug-likeness (QED) is 0.685. The van der Waals surface area contributed by atoms with E-state index in [0.717, 1.165) is 11.4 Å². The molecule has 0 saturated carbocycles. The van der Waals surface area contributed by atoms with Gasteiger partial charge in [0.1, 0.15) is 5.76 Å². The number of hydrogen-bond donors (Lipinski definition) is 0. The summed E-state index contributed by atoms with van der Waals surface area (Å²) in [4.78, 5) is 18.8. The molecule has 3 aromatic heterocycles. The fourth-order valence-corrected chi connectivity index (χ4v) is 3.30. The highest BCUT2D eigenvalue weighted by atomic mass is 16.5. The summed E-state index contributed by atoms with van der Waals surface area (Å²) in [5.41, 5.74) is 2.03. The van der Waals surface area contributed by atoms with Crippen molar-refractivity contribution in [1.82, 2.24) is 14.5 Å². The lowest BCUT2D eigenvalue weighted by atomic mass is 10.1. The Morgan fingerprint density at radius 2 is 2.19 bits per heavy atom. The molecule has 0 fully saturated rings. The van der Waals surface area contributed by atoms with Gasteiger partial charge in [0, 0.05) is 24.6 Å².